The highest BCUT2D eigenvalue weighted by Gasteiger charge is 2.22. The van der Waals surface area contributed by atoms with Gasteiger partial charge in [-0.05, 0) is 42.5 Å². The van der Waals surface area contributed by atoms with E-state index >= 15 is 0 Å². The predicted molar refractivity (Wildman–Crippen MR) is 117 cm³/mol. The molecular formula is C23H25N3O2S. The molecule has 1 fully saturated rings. The Balaban J connectivity index is 1.29. The van der Waals surface area contributed by atoms with Crippen LogP contribution >= 0.6 is 11.3 Å². The third-order valence-electron chi connectivity index (χ3n) is 5.10. The largest absolute Gasteiger partial charge is 0.489 e. The second-order valence-corrected chi connectivity index (χ2v) is 8.15. The highest BCUT2D eigenvalue weighted by atomic mass is 32.1. The number of amides is 1. The molecule has 1 aliphatic rings. The molecule has 5 nitrogen and oxygen atoms in total. The summed E-state index contributed by atoms with van der Waals surface area (Å²) in [6.45, 7) is 3.14. The maximum absolute atomic E-state index is 12.6. The van der Waals surface area contributed by atoms with E-state index in [4.69, 9.17) is 4.74 Å². The van der Waals surface area contributed by atoms with Gasteiger partial charge in [-0.15, -0.1) is 11.3 Å². The van der Waals surface area contributed by atoms with E-state index in [1.54, 1.807) is 17.4 Å². The summed E-state index contributed by atoms with van der Waals surface area (Å²) in [5, 5.41) is 6.18. The van der Waals surface area contributed by atoms with Gasteiger partial charge in [-0.1, -0.05) is 36.4 Å². The van der Waals surface area contributed by atoms with E-state index in [1.807, 2.05) is 60.1 Å². The molecule has 1 saturated heterocycles. The number of thiazole rings is 1. The zero-order valence-corrected chi connectivity index (χ0v) is 17.1. The van der Waals surface area contributed by atoms with Gasteiger partial charge in [0.15, 0.2) is 5.13 Å². The predicted octanol–water partition coefficient (Wildman–Crippen LogP) is 4.37. The molecule has 2 aromatic carbocycles. The van der Waals surface area contributed by atoms with E-state index in [0.717, 1.165) is 36.6 Å². The van der Waals surface area contributed by atoms with Crippen molar-refractivity contribution in [2.75, 3.05) is 24.5 Å². The lowest BCUT2D eigenvalue weighted by Crippen LogP contribution is -2.41. The minimum Gasteiger partial charge on any atom is -0.489 e. The zero-order valence-electron chi connectivity index (χ0n) is 16.3. The van der Waals surface area contributed by atoms with Crippen molar-refractivity contribution in [2.24, 2.45) is 5.92 Å². The number of hydrogen-bond acceptors (Lipinski definition) is 5. The van der Waals surface area contributed by atoms with Gasteiger partial charge in [0.25, 0.3) is 5.91 Å². The van der Waals surface area contributed by atoms with E-state index in [2.05, 4.69) is 15.2 Å². The minimum atomic E-state index is -0.0541. The number of nitrogens with one attached hydrogen (secondary N) is 1. The maximum atomic E-state index is 12.6. The van der Waals surface area contributed by atoms with Crippen LogP contribution in [0, 0.1) is 5.92 Å². The van der Waals surface area contributed by atoms with Crippen molar-refractivity contribution in [1.29, 1.82) is 0 Å². The molecule has 0 bridgehead atoms. The van der Waals surface area contributed by atoms with Gasteiger partial charge in [-0.3, -0.25) is 4.79 Å². The van der Waals surface area contributed by atoms with Gasteiger partial charge in [0.05, 0.1) is 0 Å². The zero-order chi connectivity index (χ0) is 19.9. The molecule has 0 spiro atoms. The molecule has 0 aliphatic carbocycles. The molecule has 2 heterocycles. The number of aromatic nitrogens is 1. The first-order valence-corrected chi connectivity index (χ1v) is 10.9. The van der Waals surface area contributed by atoms with Gasteiger partial charge >= 0.3 is 0 Å². The Morgan fingerprint density at radius 2 is 2.10 bits per heavy atom. The summed E-state index contributed by atoms with van der Waals surface area (Å²) in [7, 11) is 0. The second kappa shape index (κ2) is 9.56. The number of nitrogens with zero attached hydrogens (tertiary/aromatic N) is 2. The van der Waals surface area contributed by atoms with Gasteiger partial charge in [-0.25, -0.2) is 4.98 Å². The molecule has 3 aromatic rings. The van der Waals surface area contributed by atoms with Crippen LogP contribution in [0.3, 0.4) is 0 Å². The van der Waals surface area contributed by atoms with Crippen molar-refractivity contribution in [3.05, 3.63) is 77.3 Å². The van der Waals surface area contributed by atoms with Crippen LogP contribution in [0.2, 0.25) is 0 Å². The Morgan fingerprint density at radius 1 is 1.21 bits per heavy atom. The number of rotatable bonds is 7. The first kappa shape index (κ1) is 19.5. The van der Waals surface area contributed by atoms with E-state index in [9.17, 15) is 4.79 Å². The summed E-state index contributed by atoms with van der Waals surface area (Å²) < 4.78 is 5.84. The summed E-state index contributed by atoms with van der Waals surface area (Å²) in [6, 6.07) is 17.4. The van der Waals surface area contributed by atoms with Gasteiger partial charge in [0, 0.05) is 36.8 Å². The Kier molecular flexibility index (Phi) is 6.42. The molecule has 1 amide bonds. The van der Waals surface area contributed by atoms with Crippen molar-refractivity contribution in [1.82, 2.24) is 10.3 Å². The van der Waals surface area contributed by atoms with Crippen LogP contribution in [0.5, 0.6) is 5.75 Å². The van der Waals surface area contributed by atoms with E-state index < -0.39 is 0 Å². The number of carbonyl (C=O) groups excluding carboxylic acids is 1. The maximum Gasteiger partial charge on any atom is 0.251 e. The number of benzene rings is 2. The molecule has 4 rings (SSSR count). The quantitative estimate of drug-likeness (QED) is 0.632. The van der Waals surface area contributed by atoms with E-state index in [0.29, 0.717) is 30.4 Å². The third-order valence-corrected chi connectivity index (χ3v) is 5.94. The summed E-state index contributed by atoms with van der Waals surface area (Å²) >= 11 is 1.67. The number of hydrogen-bond donors (Lipinski definition) is 1. The fourth-order valence-electron chi connectivity index (χ4n) is 3.58. The smallest absolute Gasteiger partial charge is 0.251 e. The van der Waals surface area contributed by atoms with Crippen molar-refractivity contribution < 1.29 is 9.53 Å². The molecule has 0 radical (unpaired) electrons. The van der Waals surface area contributed by atoms with Crippen molar-refractivity contribution >= 4 is 22.4 Å². The number of anilines is 1. The van der Waals surface area contributed by atoms with E-state index in [1.165, 1.54) is 0 Å². The highest BCUT2D eigenvalue weighted by molar-refractivity contribution is 7.13. The van der Waals surface area contributed by atoms with Crippen LogP contribution in [0.25, 0.3) is 0 Å². The SMILES string of the molecule is O=C(NCC1CCCN(c2nccs2)C1)c1cccc(OCc2ccccc2)c1. The van der Waals surface area contributed by atoms with Crippen molar-refractivity contribution in [3.63, 3.8) is 0 Å². The fourth-order valence-corrected chi connectivity index (χ4v) is 4.26. The van der Waals surface area contributed by atoms with Crippen LogP contribution in [-0.2, 0) is 6.61 Å². The number of piperidine rings is 1. The average molecular weight is 408 g/mol. The van der Waals surface area contributed by atoms with Crippen LogP contribution in [-0.4, -0.2) is 30.5 Å². The Labute approximate surface area is 175 Å². The number of ether oxygens (including phenoxy) is 1. The lowest BCUT2D eigenvalue weighted by Gasteiger charge is -2.32. The lowest BCUT2D eigenvalue weighted by molar-refractivity contribution is 0.0945. The lowest BCUT2D eigenvalue weighted by atomic mass is 9.98. The van der Waals surface area contributed by atoms with Crippen LogP contribution in [0.4, 0.5) is 5.13 Å². The highest BCUT2D eigenvalue weighted by Crippen LogP contribution is 2.24. The Hall–Kier alpha value is -2.86. The topological polar surface area (TPSA) is 54.5 Å². The first-order valence-electron chi connectivity index (χ1n) is 9.97. The fraction of sp³-hybridized carbons (Fsp3) is 0.304. The molecule has 1 N–H and O–H groups in total. The van der Waals surface area contributed by atoms with Crippen LogP contribution in [0.15, 0.2) is 66.2 Å². The second-order valence-electron chi connectivity index (χ2n) is 7.28. The minimum absolute atomic E-state index is 0.0541. The molecule has 0 saturated carbocycles. The van der Waals surface area contributed by atoms with Crippen molar-refractivity contribution in [3.8, 4) is 5.75 Å². The molecule has 150 valence electrons. The van der Waals surface area contributed by atoms with Gasteiger partial charge in [0.1, 0.15) is 12.4 Å². The normalized spacial score (nSPS) is 16.4. The van der Waals surface area contributed by atoms with Crippen LogP contribution < -0.4 is 15.0 Å². The molecule has 29 heavy (non-hydrogen) atoms. The molecule has 1 unspecified atom stereocenters. The summed E-state index contributed by atoms with van der Waals surface area (Å²) in [6.07, 6.45) is 4.10. The van der Waals surface area contributed by atoms with Crippen LogP contribution in [0.1, 0.15) is 28.8 Å². The van der Waals surface area contributed by atoms with Gasteiger partial charge in [-0.2, -0.15) is 0 Å². The molecule has 1 aromatic heterocycles. The molecular weight excluding hydrogens is 382 g/mol. The monoisotopic (exact) mass is 407 g/mol. The molecule has 1 atom stereocenters. The first-order chi connectivity index (χ1) is 14.3. The standard InChI is InChI=1S/C23H25N3O2S/c27-22(25-15-19-8-5-12-26(16-19)23-24-11-13-29-23)20-9-4-10-21(14-20)28-17-18-6-2-1-3-7-18/h1-4,6-7,9-11,13-14,19H,5,8,12,15-17H2,(H,25,27). The van der Waals surface area contributed by atoms with E-state index in [-0.39, 0.29) is 5.91 Å². The Morgan fingerprint density at radius 3 is 2.93 bits per heavy atom. The van der Waals surface area contributed by atoms with Gasteiger partial charge < -0.3 is 15.0 Å². The average Bonchev–Trinajstić information content (AvgIpc) is 3.32. The number of carbonyl (C=O) groups is 1. The summed E-state index contributed by atoms with van der Waals surface area (Å²) in [5.74, 6) is 1.09. The third kappa shape index (κ3) is 5.35. The molecule has 1 aliphatic heterocycles. The Bertz CT molecular complexity index is 915. The molecule has 6 heteroatoms. The van der Waals surface area contributed by atoms with Gasteiger partial charge in [0.2, 0.25) is 0 Å². The summed E-state index contributed by atoms with van der Waals surface area (Å²) in [4.78, 5) is 19.4. The summed E-state index contributed by atoms with van der Waals surface area (Å²) in [5.41, 5.74) is 1.73. The van der Waals surface area contributed by atoms with Crippen molar-refractivity contribution in [2.45, 2.75) is 19.4 Å².